The van der Waals surface area contributed by atoms with Crippen LogP contribution >= 0.6 is 34.4 Å². The van der Waals surface area contributed by atoms with E-state index < -0.39 is 0 Å². The van der Waals surface area contributed by atoms with Gasteiger partial charge < -0.3 is 9.47 Å². The first kappa shape index (κ1) is 33.4. The predicted octanol–water partition coefficient (Wildman–Crippen LogP) is 13.0. The Hall–Kier alpha value is -3.52. The van der Waals surface area contributed by atoms with Gasteiger partial charge in [-0.05, 0) is 103 Å². The van der Waals surface area contributed by atoms with Crippen LogP contribution in [0.5, 0.6) is 11.5 Å². The van der Waals surface area contributed by atoms with Gasteiger partial charge in [0.2, 0.25) is 0 Å². The molecule has 3 aromatic carbocycles. The Morgan fingerprint density at radius 2 is 1.09 bits per heavy atom. The van der Waals surface area contributed by atoms with Gasteiger partial charge in [0.15, 0.2) is 0 Å². The lowest BCUT2D eigenvalue weighted by Crippen LogP contribution is -2.11. The van der Waals surface area contributed by atoms with Crippen molar-refractivity contribution in [2.45, 2.75) is 72.1 Å². The molecule has 244 valence electrons. The van der Waals surface area contributed by atoms with Gasteiger partial charge in [0.05, 0.1) is 24.9 Å². The van der Waals surface area contributed by atoms with E-state index in [1.165, 1.54) is 80.9 Å². The number of aromatic nitrogens is 2. The third kappa shape index (κ3) is 8.32. The predicted molar refractivity (Wildman–Crippen MR) is 203 cm³/mol. The lowest BCUT2D eigenvalue weighted by molar-refractivity contribution is 0.233. The van der Waals surface area contributed by atoms with Crippen LogP contribution in [0.1, 0.15) is 72.1 Å². The van der Waals surface area contributed by atoms with Gasteiger partial charge in [-0.1, -0.05) is 71.4 Å². The molecule has 7 heteroatoms. The quantitative estimate of drug-likeness (QED) is 0.0899. The summed E-state index contributed by atoms with van der Waals surface area (Å²) in [6, 6.07) is 30.3. The molecule has 4 nitrogen and oxygen atoms in total. The second kappa shape index (κ2) is 16.5. The van der Waals surface area contributed by atoms with Gasteiger partial charge in [-0.3, -0.25) is 0 Å². The summed E-state index contributed by atoms with van der Waals surface area (Å²) in [6.07, 6.45) is 9.77. The molecule has 0 radical (unpaired) electrons. The average molecular weight is 681 g/mol. The Bertz CT molecular complexity index is 1840. The van der Waals surface area contributed by atoms with Gasteiger partial charge in [-0.25, -0.2) is 0 Å². The van der Waals surface area contributed by atoms with Gasteiger partial charge in [0, 0.05) is 30.6 Å². The van der Waals surface area contributed by atoms with Crippen molar-refractivity contribution >= 4 is 45.4 Å². The zero-order chi connectivity index (χ0) is 32.4. The average Bonchev–Trinajstić information content (AvgIpc) is 3.90. The smallest absolute Gasteiger partial charge is 0.119 e. The van der Waals surface area contributed by atoms with Crippen molar-refractivity contribution in [2.75, 3.05) is 13.2 Å². The van der Waals surface area contributed by atoms with E-state index in [0.29, 0.717) is 5.92 Å². The monoisotopic (exact) mass is 680 g/mol. The van der Waals surface area contributed by atoms with Gasteiger partial charge in [0.25, 0.3) is 0 Å². The van der Waals surface area contributed by atoms with E-state index in [0.717, 1.165) is 59.7 Å². The molecular weight excluding hydrogens is 637 g/mol. The SMILES string of the molecule is CCCCCCOc1ccc(-c2ccc(-c3ccc(-c4ccc(-c5ccc(OCC(CC)CCCC)cc5)s4)c4nsnc34)s2)cc1. The van der Waals surface area contributed by atoms with Crippen molar-refractivity contribution in [2.24, 2.45) is 5.92 Å². The molecule has 0 N–H and O–H groups in total. The Balaban J connectivity index is 1.13. The van der Waals surface area contributed by atoms with E-state index in [1.807, 2.05) is 0 Å². The van der Waals surface area contributed by atoms with Crippen LogP contribution in [0.4, 0.5) is 0 Å². The van der Waals surface area contributed by atoms with Crippen LogP contribution in [0.15, 0.2) is 84.9 Å². The van der Waals surface area contributed by atoms with E-state index in [2.05, 4.69) is 106 Å². The van der Waals surface area contributed by atoms with Gasteiger partial charge in [-0.2, -0.15) is 8.75 Å². The summed E-state index contributed by atoms with van der Waals surface area (Å²) in [5.41, 5.74) is 6.60. The Morgan fingerprint density at radius 1 is 0.553 bits per heavy atom. The van der Waals surface area contributed by atoms with Crippen molar-refractivity contribution in [1.29, 1.82) is 0 Å². The van der Waals surface area contributed by atoms with Crippen LogP contribution in [-0.4, -0.2) is 22.0 Å². The number of hydrogen-bond acceptors (Lipinski definition) is 7. The largest absolute Gasteiger partial charge is 0.494 e. The molecular formula is C40H44N2O2S3. The second-order valence-corrected chi connectivity index (χ2v) is 14.8. The number of ether oxygens (including phenoxy) is 2. The summed E-state index contributed by atoms with van der Waals surface area (Å²) in [6.45, 7) is 8.32. The molecule has 0 saturated heterocycles. The first-order chi connectivity index (χ1) is 23.2. The number of thiophene rings is 2. The van der Waals surface area contributed by atoms with Crippen molar-refractivity contribution < 1.29 is 9.47 Å². The maximum absolute atomic E-state index is 6.15. The summed E-state index contributed by atoms with van der Waals surface area (Å²) < 4.78 is 21.6. The summed E-state index contributed by atoms with van der Waals surface area (Å²) in [5.74, 6) is 2.51. The number of unbranched alkanes of at least 4 members (excludes halogenated alkanes) is 4. The molecule has 0 aliphatic rings. The van der Waals surface area contributed by atoms with Crippen molar-refractivity contribution in [1.82, 2.24) is 8.75 Å². The van der Waals surface area contributed by atoms with Crippen LogP contribution < -0.4 is 9.47 Å². The molecule has 6 aromatic rings. The zero-order valence-corrected chi connectivity index (χ0v) is 30.1. The van der Waals surface area contributed by atoms with E-state index >= 15 is 0 Å². The fourth-order valence-corrected chi connectivity index (χ4v) is 8.45. The highest BCUT2D eigenvalue weighted by Gasteiger charge is 2.17. The Morgan fingerprint density at radius 3 is 1.62 bits per heavy atom. The number of benzene rings is 3. The topological polar surface area (TPSA) is 44.2 Å². The third-order valence-corrected chi connectivity index (χ3v) is 11.6. The Kier molecular flexibility index (Phi) is 11.7. The van der Waals surface area contributed by atoms with Crippen LogP contribution in [0.25, 0.3) is 52.8 Å². The number of hydrogen-bond donors (Lipinski definition) is 0. The molecule has 47 heavy (non-hydrogen) atoms. The minimum atomic E-state index is 0.627. The number of rotatable bonds is 17. The molecule has 0 aliphatic heterocycles. The lowest BCUT2D eigenvalue weighted by Gasteiger charge is -2.15. The molecule has 0 bridgehead atoms. The first-order valence-electron chi connectivity index (χ1n) is 17.1. The molecule has 3 heterocycles. The molecule has 0 aliphatic carbocycles. The normalized spacial score (nSPS) is 12.1. The maximum Gasteiger partial charge on any atom is 0.119 e. The van der Waals surface area contributed by atoms with E-state index in [-0.39, 0.29) is 0 Å². The van der Waals surface area contributed by atoms with Gasteiger partial charge >= 0.3 is 0 Å². The van der Waals surface area contributed by atoms with Gasteiger partial charge in [-0.15, -0.1) is 22.7 Å². The minimum absolute atomic E-state index is 0.627. The van der Waals surface area contributed by atoms with Crippen molar-refractivity contribution in [3.8, 4) is 53.3 Å². The highest BCUT2D eigenvalue weighted by molar-refractivity contribution is 7.19. The number of fused-ring (bicyclic) bond motifs is 1. The zero-order valence-electron chi connectivity index (χ0n) is 27.7. The molecule has 0 spiro atoms. The standard InChI is InChI=1S/C40H44N2O2S3/c1-4-7-9-10-26-43-31-16-12-29(13-17-31)35-22-24-37(45-35)33-20-21-34(40-39(33)41-47-42-40)38-25-23-36(46-38)30-14-18-32(19-15-30)44-27-28(6-3)11-8-5-2/h12-25,28H,4-11,26-27H2,1-3H3. The molecule has 3 aromatic heterocycles. The molecule has 0 fully saturated rings. The fourth-order valence-electron chi connectivity index (χ4n) is 5.80. The van der Waals surface area contributed by atoms with Crippen LogP contribution in [-0.2, 0) is 0 Å². The Labute approximate surface area is 291 Å². The van der Waals surface area contributed by atoms with Gasteiger partial charge in [0.1, 0.15) is 22.5 Å². The van der Waals surface area contributed by atoms with Crippen molar-refractivity contribution in [3.05, 3.63) is 84.9 Å². The molecule has 1 unspecified atom stereocenters. The van der Waals surface area contributed by atoms with Crippen LogP contribution in [0.3, 0.4) is 0 Å². The summed E-state index contributed by atoms with van der Waals surface area (Å²) in [5, 5.41) is 0. The molecule has 6 rings (SSSR count). The highest BCUT2D eigenvalue weighted by atomic mass is 32.1. The summed E-state index contributed by atoms with van der Waals surface area (Å²) in [4.78, 5) is 4.86. The summed E-state index contributed by atoms with van der Waals surface area (Å²) in [7, 11) is 0. The third-order valence-electron chi connectivity index (χ3n) is 8.73. The van der Waals surface area contributed by atoms with E-state index in [1.54, 1.807) is 22.7 Å². The lowest BCUT2D eigenvalue weighted by atomic mass is 10.0. The first-order valence-corrected chi connectivity index (χ1v) is 19.4. The fraction of sp³-hybridized carbons (Fsp3) is 0.350. The minimum Gasteiger partial charge on any atom is -0.494 e. The molecule has 0 saturated carbocycles. The van der Waals surface area contributed by atoms with E-state index in [4.69, 9.17) is 18.2 Å². The molecule has 0 amide bonds. The molecule has 1 atom stereocenters. The van der Waals surface area contributed by atoms with Crippen LogP contribution in [0.2, 0.25) is 0 Å². The van der Waals surface area contributed by atoms with E-state index in [9.17, 15) is 0 Å². The second-order valence-electron chi connectivity index (χ2n) is 12.1. The number of nitrogens with zero attached hydrogens (tertiary/aromatic N) is 2. The highest BCUT2D eigenvalue weighted by Crippen LogP contribution is 2.42. The summed E-state index contributed by atoms with van der Waals surface area (Å²) >= 11 is 4.87. The van der Waals surface area contributed by atoms with Crippen LogP contribution in [0, 0.1) is 5.92 Å². The maximum atomic E-state index is 6.15. The van der Waals surface area contributed by atoms with Crippen molar-refractivity contribution in [3.63, 3.8) is 0 Å².